The largest absolute Gasteiger partial charge is 0.418 e. The Morgan fingerprint density at radius 3 is 2.53 bits per heavy atom. The van der Waals surface area contributed by atoms with E-state index in [9.17, 15) is 18.0 Å². The van der Waals surface area contributed by atoms with Crippen molar-refractivity contribution in [1.82, 2.24) is 9.66 Å². The SMILES string of the molecule is O=c1cc(CNc2ccccc2C(F)(F)F)nc2n1N=C(c1ccccc1)CC=C2. The molecule has 30 heavy (non-hydrogen) atoms. The van der Waals surface area contributed by atoms with E-state index < -0.39 is 17.3 Å². The van der Waals surface area contributed by atoms with Gasteiger partial charge in [-0.15, -0.1) is 0 Å². The molecule has 0 radical (unpaired) electrons. The van der Waals surface area contributed by atoms with Crippen molar-refractivity contribution in [2.75, 3.05) is 5.32 Å². The molecule has 0 saturated carbocycles. The average Bonchev–Trinajstić information content (AvgIpc) is 2.95. The van der Waals surface area contributed by atoms with Crippen molar-refractivity contribution in [2.24, 2.45) is 5.10 Å². The van der Waals surface area contributed by atoms with Crippen molar-refractivity contribution in [2.45, 2.75) is 19.1 Å². The van der Waals surface area contributed by atoms with Gasteiger partial charge < -0.3 is 5.32 Å². The summed E-state index contributed by atoms with van der Waals surface area (Å²) in [6.07, 6.45) is -0.406. The zero-order chi connectivity index (χ0) is 21.1. The van der Waals surface area contributed by atoms with Crippen LogP contribution in [-0.4, -0.2) is 15.4 Å². The number of hydrogen-bond donors (Lipinski definition) is 1. The zero-order valence-electron chi connectivity index (χ0n) is 15.7. The molecule has 0 aliphatic carbocycles. The Morgan fingerprint density at radius 1 is 1.03 bits per heavy atom. The Bertz CT molecular complexity index is 1180. The van der Waals surface area contributed by atoms with E-state index in [1.54, 1.807) is 6.08 Å². The van der Waals surface area contributed by atoms with Crippen LogP contribution >= 0.6 is 0 Å². The van der Waals surface area contributed by atoms with E-state index in [0.717, 1.165) is 17.3 Å². The first kappa shape index (κ1) is 19.6. The third-order valence-corrected chi connectivity index (χ3v) is 4.57. The van der Waals surface area contributed by atoms with Crippen LogP contribution in [0.25, 0.3) is 6.08 Å². The molecule has 0 bridgehead atoms. The fraction of sp³-hybridized carbons (Fsp3) is 0.136. The van der Waals surface area contributed by atoms with Crippen molar-refractivity contribution in [1.29, 1.82) is 0 Å². The van der Waals surface area contributed by atoms with Crippen LogP contribution in [0.4, 0.5) is 18.9 Å². The molecule has 1 aromatic heterocycles. The van der Waals surface area contributed by atoms with Crippen LogP contribution in [0, 0.1) is 0 Å². The topological polar surface area (TPSA) is 59.3 Å². The average molecular weight is 410 g/mol. The highest BCUT2D eigenvalue weighted by Gasteiger charge is 2.33. The van der Waals surface area contributed by atoms with E-state index in [0.29, 0.717) is 17.9 Å². The molecule has 2 aromatic carbocycles. The van der Waals surface area contributed by atoms with Gasteiger partial charge in [-0.25, -0.2) is 4.98 Å². The molecule has 1 N–H and O–H groups in total. The number of allylic oxidation sites excluding steroid dienone is 1. The Kier molecular flexibility index (Phi) is 5.22. The third-order valence-electron chi connectivity index (χ3n) is 4.57. The second-order valence-electron chi connectivity index (χ2n) is 6.67. The van der Waals surface area contributed by atoms with Gasteiger partial charge in [-0.05, 0) is 23.8 Å². The highest BCUT2D eigenvalue weighted by molar-refractivity contribution is 6.01. The Labute approximate surface area is 170 Å². The monoisotopic (exact) mass is 410 g/mol. The van der Waals surface area contributed by atoms with Gasteiger partial charge in [-0.1, -0.05) is 48.5 Å². The van der Waals surface area contributed by atoms with E-state index in [1.807, 2.05) is 36.4 Å². The summed E-state index contributed by atoms with van der Waals surface area (Å²) in [7, 11) is 0. The Morgan fingerprint density at radius 2 is 1.77 bits per heavy atom. The van der Waals surface area contributed by atoms with E-state index in [4.69, 9.17) is 0 Å². The van der Waals surface area contributed by atoms with Crippen molar-refractivity contribution >= 4 is 17.5 Å². The lowest BCUT2D eigenvalue weighted by atomic mass is 10.1. The first-order valence-corrected chi connectivity index (χ1v) is 9.25. The fourth-order valence-corrected chi connectivity index (χ4v) is 3.16. The normalized spacial score (nSPS) is 13.4. The van der Waals surface area contributed by atoms with E-state index >= 15 is 0 Å². The molecule has 0 spiro atoms. The molecular formula is C22H17F3N4O. The van der Waals surface area contributed by atoms with Crippen LogP contribution in [0.1, 0.15) is 29.1 Å². The Balaban J connectivity index is 1.62. The first-order valence-electron chi connectivity index (χ1n) is 9.25. The quantitative estimate of drug-likeness (QED) is 0.687. The predicted molar refractivity (Wildman–Crippen MR) is 109 cm³/mol. The van der Waals surface area contributed by atoms with Crippen molar-refractivity contribution in [3.8, 4) is 0 Å². The maximum absolute atomic E-state index is 13.2. The molecule has 3 aromatic rings. The summed E-state index contributed by atoms with van der Waals surface area (Å²) in [6, 6.07) is 16.0. The molecule has 0 unspecified atom stereocenters. The Hall–Kier alpha value is -3.68. The molecule has 0 fully saturated rings. The summed E-state index contributed by atoms with van der Waals surface area (Å²) >= 11 is 0. The standard InChI is InChI=1S/C22H17F3N4O/c23-22(24,25)17-9-4-5-10-19(17)26-14-16-13-21(30)29-20(27-16)12-6-11-18(28-29)15-7-2-1-3-8-15/h1-10,12-13,26H,11,14H2. The minimum absolute atomic E-state index is 0.0285. The summed E-state index contributed by atoms with van der Waals surface area (Å²) in [5.41, 5.74) is 0.707. The van der Waals surface area contributed by atoms with Gasteiger partial charge in [0.15, 0.2) is 5.82 Å². The van der Waals surface area contributed by atoms with E-state index in [1.165, 1.54) is 28.9 Å². The van der Waals surface area contributed by atoms with Gasteiger partial charge >= 0.3 is 6.18 Å². The molecule has 0 amide bonds. The number of alkyl halides is 3. The van der Waals surface area contributed by atoms with Gasteiger partial charge in [0.2, 0.25) is 0 Å². The van der Waals surface area contributed by atoms with Crippen LogP contribution < -0.4 is 10.9 Å². The van der Waals surface area contributed by atoms with Gasteiger partial charge in [0.05, 0.1) is 23.5 Å². The number of para-hydroxylation sites is 1. The molecule has 0 atom stereocenters. The number of benzene rings is 2. The molecule has 1 aliphatic rings. The highest BCUT2D eigenvalue weighted by atomic mass is 19.4. The smallest absolute Gasteiger partial charge is 0.379 e. The molecular weight excluding hydrogens is 393 g/mol. The summed E-state index contributed by atoms with van der Waals surface area (Å²) in [4.78, 5) is 17.0. The van der Waals surface area contributed by atoms with Crippen molar-refractivity contribution < 1.29 is 13.2 Å². The van der Waals surface area contributed by atoms with Gasteiger partial charge in [-0.2, -0.15) is 22.9 Å². The molecule has 0 saturated heterocycles. The molecule has 1 aliphatic heterocycles. The lowest BCUT2D eigenvalue weighted by Crippen LogP contribution is -2.22. The second kappa shape index (κ2) is 7.98. The van der Waals surface area contributed by atoms with E-state index in [2.05, 4.69) is 15.4 Å². The summed E-state index contributed by atoms with van der Waals surface area (Å²) < 4.78 is 40.7. The minimum Gasteiger partial charge on any atom is -0.379 e. The minimum atomic E-state index is -4.48. The third kappa shape index (κ3) is 4.17. The van der Waals surface area contributed by atoms with Crippen LogP contribution in [0.2, 0.25) is 0 Å². The predicted octanol–water partition coefficient (Wildman–Crippen LogP) is 4.54. The maximum atomic E-state index is 13.2. The number of rotatable bonds is 4. The second-order valence-corrected chi connectivity index (χ2v) is 6.67. The van der Waals surface area contributed by atoms with Gasteiger partial charge in [0.1, 0.15) is 0 Å². The molecule has 4 rings (SSSR count). The number of anilines is 1. The van der Waals surface area contributed by atoms with Crippen LogP contribution in [-0.2, 0) is 12.7 Å². The van der Waals surface area contributed by atoms with E-state index in [-0.39, 0.29) is 12.2 Å². The number of fused-ring (bicyclic) bond motifs is 1. The maximum Gasteiger partial charge on any atom is 0.418 e. The van der Waals surface area contributed by atoms with Crippen LogP contribution in [0.5, 0.6) is 0 Å². The highest BCUT2D eigenvalue weighted by Crippen LogP contribution is 2.34. The van der Waals surface area contributed by atoms with Gasteiger partial charge in [-0.3, -0.25) is 4.79 Å². The lowest BCUT2D eigenvalue weighted by molar-refractivity contribution is -0.137. The summed E-state index contributed by atoms with van der Waals surface area (Å²) in [5.74, 6) is 0.328. The number of hydrogen-bond acceptors (Lipinski definition) is 4. The van der Waals surface area contributed by atoms with Crippen LogP contribution in [0.15, 0.2) is 76.6 Å². The number of aromatic nitrogens is 2. The summed E-state index contributed by atoms with van der Waals surface area (Å²) in [5, 5.41) is 7.17. The fourth-order valence-electron chi connectivity index (χ4n) is 3.16. The van der Waals surface area contributed by atoms with Gasteiger partial charge in [0.25, 0.3) is 5.56 Å². The number of nitrogens with zero attached hydrogens (tertiary/aromatic N) is 3. The first-order chi connectivity index (χ1) is 14.4. The van der Waals surface area contributed by atoms with Crippen molar-refractivity contribution in [3.63, 3.8) is 0 Å². The summed E-state index contributed by atoms with van der Waals surface area (Å²) in [6.45, 7) is -0.0285. The van der Waals surface area contributed by atoms with Gasteiger partial charge in [0, 0.05) is 18.2 Å². The molecule has 8 heteroatoms. The number of halogens is 3. The number of nitrogens with one attached hydrogen (secondary N) is 1. The molecule has 2 heterocycles. The lowest BCUT2D eigenvalue weighted by Gasteiger charge is -2.14. The molecule has 5 nitrogen and oxygen atoms in total. The van der Waals surface area contributed by atoms with Crippen molar-refractivity contribution in [3.05, 3.63) is 99.7 Å². The van der Waals surface area contributed by atoms with Crippen LogP contribution in [0.3, 0.4) is 0 Å². The zero-order valence-corrected chi connectivity index (χ0v) is 15.7. The molecule has 152 valence electrons.